The molecule has 0 spiro atoms. The lowest BCUT2D eigenvalue weighted by Crippen LogP contribution is -2.22. The summed E-state index contributed by atoms with van der Waals surface area (Å²) >= 11 is 0. The first-order valence-corrected chi connectivity index (χ1v) is 9.80. The number of ether oxygens (including phenoxy) is 2. The zero-order chi connectivity index (χ0) is 22.7. The van der Waals surface area contributed by atoms with Crippen molar-refractivity contribution in [1.82, 2.24) is 4.57 Å². The first-order chi connectivity index (χ1) is 15.5. The molecule has 0 saturated carbocycles. The van der Waals surface area contributed by atoms with Gasteiger partial charge in [-0.1, -0.05) is 24.3 Å². The van der Waals surface area contributed by atoms with Gasteiger partial charge in [-0.25, -0.2) is 4.79 Å². The van der Waals surface area contributed by atoms with E-state index in [0.717, 1.165) is 0 Å². The van der Waals surface area contributed by atoms with Crippen LogP contribution in [-0.2, 0) is 4.74 Å². The normalized spacial score (nSPS) is 10.6. The third-order valence-electron chi connectivity index (χ3n) is 5.06. The maximum atomic E-state index is 13.2. The van der Waals surface area contributed by atoms with E-state index in [1.807, 2.05) is 0 Å². The number of hydrogen-bond donors (Lipinski definition) is 1. The SMILES string of the molecule is COC(=O)c1ccc(NC(=O)c2cn(-c3cccc(OC)c3)c(=O)c3ccccc23)cc1. The summed E-state index contributed by atoms with van der Waals surface area (Å²) in [5.41, 5.74) is 1.55. The molecule has 0 aliphatic heterocycles. The predicted molar refractivity (Wildman–Crippen MR) is 122 cm³/mol. The quantitative estimate of drug-likeness (QED) is 0.485. The van der Waals surface area contributed by atoms with Gasteiger partial charge in [-0.2, -0.15) is 0 Å². The summed E-state index contributed by atoms with van der Waals surface area (Å²) in [6.07, 6.45) is 1.53. The van der Waals surface area contributed by atoms with Crippen LogP contribution < -0.4 is 15.6 Å². The summed E-state index contributed by atoms with van der Waals surface area (Å²) in [6.45, 7) is 0. The lowest BCUT2D eigenvalue weighted by Gasteiger charge is -2.13. The molecule has 0 atom stereocenters. The Bertz CT molecular complexity index is 1370. The number of methoxy groups -OCH3 is 2. The maximum Gasteiger partial charge on any atom is 0.337 e. The van der Waals surface area contributed by atoms with Gasteiger partial charge in [0, 0.05) is 28.7 Å². The van der Waals surface area contributed by atoms with Gasteiger partial charge in [-0.05, 0) is 42.5 Å². The highest BCUT2D eigenvalue weighted by atomic mass is 16.5. The highest BCUT2D eigenvalue weighted by Gasteiger charge is 2.16. The van der Waals surface area contributed by atoms with Crippen molar-refractivity contribution in [3.8, 4) is 11.4 Å². The molecule has 1 heterocycles. The third-order valence-corrected chi connectivity index (χ3v) is 5.06. The summed E-state index contributed by atoms with van der Waals surface area (Å²) in [5.74, 6) is -0.248. The Labute approximate surface area is 183 Å². The number of anilines is 1. The number of aromatic nitrogens is 1. The third kappa shape index (κ3) is 3.96. The number of fused-ring (bicyclic) bond motifs is 1. The van der Waals surface area contributed by atoms with Crippen molar-refractivity contribution >= 4 is 28.3 Å². The first-order valence-electron chi connectivity index (χ1n) is 9.80. The largest absolute Gasteiger partial charge is 0.497 e. The van der Waals surface area contributed by atoms with Gasteiger partial charge in [0.05, 0.1) is 31.0 Å². The van der Waals surface area contributed by atoms with Crippen LogP contribution in [0.15, 0.2) is 83.8 Å². The molecule has 160 valence electrons. The van der Waals surface area contributed by atoms with Gasteiger partial charge < -0.3 is 14.8 Å². The highest BCUT2D eigenvalue weighted by molar-refractivity contribution is 6.12. The Hall–Kier alpha value is -4.39. The van der Waals surface area contributed by atoms with Gasteiger partial charge in [-0.15, -0.1) is 0 Å². The van der Waals surface area contributed by atoms with Crippen molar-refractivity contribution < 1.29 is 19.1 Å². The van der Waals surface area contributed by atoms with E-state index >= 15 is 0 Å². The number of carbonyl (C=O) groups excluding carboxylic acids is 2. The van der Waals surface area contributed by atoms with Crippen LogP contribution in [0.1, 0.15) is 20.7 Å². The molecule has 7 heteroatoms. The number of rotatable bonds is 5. The molecule has 0 radical (unpaired) electrons. The molecule has 4 rings (SSSR count). The van der Waals surface area contributed by atoms with E-state index in [1.54, 1.807) is 79.9 Å². The highest BCUT2D eigenvalue weighted by Crippen LogP contribution is 2.21. The Balaban J connectivity index is 1.77. The molecule has 0 aliphatic carbocycles. The average molecular weight is 428 g/mol. The fourth-order valence-electron chi connectivity index (χ4n) is 3.43. The predicted octanol–water partition coefficient (Wildman–Crippen LogP) is 4.04. The Morgan fingerprint density at radius 3 is 2.28 bits per heavy atom. The van der Waals surface area contributed by atoms with Crippen molar-refractivity contribution in [3.63, 3.8) is 0 Å². The van der Waals surface area contributed by atoms with Crippen molar-refractivity contribution in [2.45, 2.75) is 0 Å². The van der Waals surface area contributed by atoms with Crippen LogP contribution >= 0.6 is 0 Å². The minimum absolute atomic E-state index is 0.243. The number of esters is 1. The van der Waals surface area contributed by atoms with Crippen molar-refractivity contribution in [2.75, 3.05) is 19.5 Å². The van der Waals surface area contributed by atoms with Gasteiger partial charge >= 0.3 is 5.97 Å². The van der Waals surface area contributed by atoms with Gasteiger partial charge in [0.2, 0.25) is 0 Å². The van der Waals surface area contributed by atoms with E-state index in [2.05, 4.69) is 5.32 Å². The number of amides is 1. The first kappa shape index (κ1) is 20.9. The van der Waals surface area contributed by atoms with E-state index in [9.17, 15) is 14.4 Å². The molecule has 0 fully saturated rings. The maximum absolute atomic E-state index is 13.2. The molecular weight excluding hydrogens is 408 g/mol. The second-order valence-corrected chi connectivity index (χ2v) is 6.99. The van der Waals surface area contributed by atoms with Crippen LogP contribution in [0.4, 0.5) is 5.69 Å². The van der Waals surface area contributed by atoms with Crippen molar-refractivity contribution in [3.05, 3.63) is 100 Å². The van der Waals surface area contributed by atoms with Gasteiger partial charge in [0.25, 0.3) is 11.5 Å². The molecule has 4 aromatic rings. The van der Waals surface area contributed by atoms with E-state index in [4.69, 9.17) is 9.47 Å². The van der Waals surface area contributed by atoms with Gasteiger partial charge in [-0.3, -0.25) is 14.2 Å². The van der Waals surface area contributed by atoms with E-state index < -0.39 is 5.97 Å². The minimum atomic E-state index is -0.459. The van der Waals surface area contributed by atoms with Gasteiger partial charge in [0.15, 0.2) is 0 Å². The number of pyridine rings is 1. The van der Waals surface area contributed by atoms with E-state index in [1.165, 1.54) is 17.9 Å². The molecular formula is C25H20N2O5. The van der Waals surface area contributed by atoms with E-state index in [-0.39, 0.29) is 11.5 Å². The van der Waals surface area contributed by atoms with Crippen molar-refractivity contribution in [1.29, 1.82) is 0 Å². The lowest BCUT2D eigenvalue weighted by molar-refractivity contribution is 0.0600. The van der Waals surface area contributed by atoms with Crippen molar-refractivity contribution in [2.24, 2.45) is 0 Å². The van der Waals surface area contributed by atoms with Gasteiger partial charge in [0.1, 0.15) is 5.75 Å². The average Bonchev–Trinajstić information content (AvgIpc) is 2.84. The summed E-state index contributed by atoms with van der Waals surface area (Å²) < 4.78 is 11.4. The van der Waals surface area contributed by atoms with Crippen LogP contribution in [-0.4, -0.2) is 30.7 Å². The molecule has 1 amide bonds. The second-order valence-electron chi connectivity index (χ2n) is 6.99. The summed E-state index contributed by atoms with van der Waals surface area (Å²) in [6, 6.07) is 20.4. The molecule has 0 saturated heterocycles. The molecule has 7 nitrogen and oxygen atoms in total. The monoisotopic (exact) mass is 428 g/mol. The molecule has 1 N–H and O–H groups in total. The van der Waals surface area contributed by atoms with Crippen LogP contribution in [0.2, 0.25) is 0 Å². The fraction of sp³-hybridized carbons (Fsp3) is 0.0800. The number of nitrogens with zero attached hydrogens (tertiary/aromatic N) is 1. The fourth-order valence-corrected chi connectivity index (χ4v) is 3.43. The summed E-state index contributed by atoms with van der Waals surface area (Å²) in [5, 5.41) is 3.79. The minimum Gasteiger partial charge on any atom is -0.497 e. The smallest absolute Gasteiger partial charge is 0.337 e. The van der Waals surface area contributed by atoms with Crippen LogP contribution in [0.5, 0.6) is 5.75 Å². The Morgan fingerprint density at radius 2 is 1.59 bits per heavy atom. The van der Waals surface area contributed by atoms with Crippen LogP contribution in [0.25, 0.3) is 16.5 Å². The number of hydrogen-bond acceptors (Lipinski definition) is 5. The Kier molecular flexibility index (Phi) is 5.72. The molecule has 0 aliphatic rings. The molecule has 0 bridgehead atoms. The molecule has 3 aromatic carbocycles. The topological polar surface area (TPSA) is 86.6 Å². The molecule has 32 heavy (non-hydrogen) atoms. The number of carbonyl (C=O) groups is 2. The van der Waals surface area contributed by atoms with Crippen LogP contribution in [0, 0.1) is 0 Å². The lowest BCUT2D eigenvalue weighted by atomic mass is 10.1. The summed E-state index contributed by atoms with van der Waals surface area (Å²) in [7, 11) is 2.85. The molecule has 0 unspecified atom stereocenters. The Morgan fingerprint density at radius 1 is 0.875 bits per heavy atom. The number of benzene rings is 3. The van der Waals surface area contributed by atoms with Crippen LogP contribution in [0.3, 0.4) is 0 Å². The molecule has 1 aromatic heterocycles. The standard InChI is InChI=1S/C25H20N2O5/c1-31-19-7-5-6-18(14-19)27-15-22(20-8-3-4-9-21(20)24(27)29)23(28)26-17-12-10-16(11-13-17)25(30)32-2/h3-15H,1-2H3,(H,26,28). The van der Waals surface area contributed by atoms with E-state index in [0.29, 0.717) is 39.0 Å². The second kappa shape index (κ2) is 8.77. The summed E-state index contributed by atoms with van der Waals surface area (Å²) in [4.78, 5) is 37.9. The number of nitrogens with one attached hydrogen (secondary N) is 1. The zero-order valence-corrected chi connectivity index (χ0v) is 17.5. The zero-order valence-electron chi connectivity index (χ0n) is 17.5.